The molecule has 1 aromatic rings. The van der Waals surface area contributed by atoms with Crippen molar-refractivity contribution >= 4 is 5.97 Å². The van der Waals surface area contributed by atoms with Gasteiger partial charge in [0.25, 0.3) is 0 Å². The van der Waals surface area contributed by atoms with Crippen LogP contribution in [0.4, 0.5) is 0 Å². The summed E-state index contributed by atoms with van der Waals surface area (Å²) < 4.78 is 0. The highest BCUT2D eigenvalue weighted by Crippen LogP contribution is 2.27. The van der Waals surface area contributed by atoms with Crippen LogP contribution in [0.2, 0.25) is 0 Å². The van der Waals surface area contributed by atoms with Crippen molar-refractivity contribution in [3.8, 4) is 0 Å². The second kappa shape index (κ2) is 5.82. The highest BCUT2D eigenvalue weighted by Gasteiger charge is 2.20. The van der Waals surface area contributed by atoms with Gasteiger partial charge in [-0.15, -0.1) is 0 Å². The topological polar surface area (TPSA) is 63.3 Å². The van der Waals surface area contributed by atoms with Crippen molar-refractivity contribution in [1.82, 2.24) is 0 Å². The van der Waals surface area contributed by atoms with E-state index >= 15 is 0 Å². The van der Waals surface area contributed by atoms with Gasteiger partial charge in [0.15, 0.2) is 0 Å². The maximum Gasteiger partial charge on any atom is 0.320 e. The van der Waals surface area contributed by atoms with Crippen LogP contribution >= 0.6 is 0 Å². The highest BCUT2D eigenvalue weighted by atomic mass is 16.4. The molecular weight excluding hydrogens is 214 g/mol. The third-order valence-corrected chi connectivity index (χ3v) is 3.36. The standard InChI is InChI=1S/C14H21NO2/c1-9-5-4-6-12(7-9)11(3)10(2)8-13(15)14(16)17/h4-7,10-11,13H,8,15H2,1-3H3,(H,16,17). The average molecular weight is 235 g/mol. The molecule has 94 valence electrons. The molecule has 0 saturated heterocycles. The maximum atomic E-state index is 10.7. The number of aliphatic carboxylic acids is 1. The fourth-order valence-electron chi connectivity index (χ4n) is 1.99. The largest absolute Gasteiger partial charge is 0.480 e. The van der Waals surface area contributed by atoms with Gasteiger partial charge in [-0.3, -0.25) is 4.79 Å². The average Bonchev–Trinajstić information content (AvgIpc) is 2.27. The molecule has 0 aliphatic heterocycles. The van der Waals surface area contributed by atoms with Gasteiger partial charge in [0, 0.05) is 0 Å². The first-order valence-electron chi connectivity index (χ1n) is 5.96. The molecule has 0 saturated carbocycles. The zero-order valence-corrected chi connectivity index (χ0v) is 10.7. The van der Waals surface area contributed by atoms with Gasteiger partial charge >= 0.3 is 5.97 Å². The van der Waals surface area contributed by atoms with E-state index < -0.39 is 12.0 Å². The number of aryl methyl sites for hydroxylation is 1. The quantitative estimate of drug-likeness (QED) is 0.824. The van der Waals surface area contributed by atoms with Gasteiger partial charge in [-0.25, -0.2) is 0 Å². The van der Waals surface area contributed by atoms with Crippen LogP contribution in [0.25, 0.3) is 0 Å². The molecule has 0 aromatic heterocycles. The number of rotatable bonds is 5. The first kappa shape index (κ1) is 13.7. The second-order valence-electron chi connectivity index (χ2n) is 4.86. The summed E-state index contributed by atoms with van der Waals surface area (Å²) in [7, 11) is 0. The third kappa shape index (κ3) is 3.86. The highest BCUT2D eigenvalue weighted by molar-refractivity contribution is 5.73. The number of benzene rings is 1. The first-order chi connectivity index (χ1) is 7.91. The van der Waals surface area contributed by atoms with E-state index in [1.165, 1.54) is 11.1 Å². The minimum atomic E-state index is -0.923. The van der Waals surface area contributed by atoms with Crippen LogP contribution in [0.3, 0.4) is 0 Å². The van der Waals surface area contributed by atoms with Crippen molar-refractivity contribution in [2.45, 2.75) is 39.2 Å². The molecule has 3 nitrogen and oxygen atoms in total. The molecule has 0 bridgehead atoms. The van der Waals surface area contributed by atoms with Crippen LogP contribution in [0.1, 0.15) is 37.3 Å². The van der Waals surface area contributed by atoms with E-state index in [1.54, 1.807) is 0 Å². The molecule has 0 heterocycles. The van der Waals surface area contributed by atoms with E-state index in [1.807, 2.05) is 6.07 Å². The van der Waals surface area contributed by atoms with Gasteiger partial charge < -0.3 is 10.8 Å². The van der Waals surface area contributed by atoms with Crippen LogP contribution in [0, 0.1) is 12.8 Å². The Hall–Kier alpha value is -1.35. The number of carbonyl (C=O) groups is 1. The molecule has 0 aliphatic carbocycles. The van der Waals surface area contributed by atoms with E-state index in [2.05, 4.69) is 39.0 Å². The number of hydrogen-bond acceptors (Lipinski definition) is 2. The lowest BCUT2D eigenvalue weighted by atomic mass is 9.84. The molecule has 3 heteroatoms. The minimum Gasteiger partial charge on any atom is -0.480 e. The molecule has 1 aromatic carbocycles. The summed E-state index contributed by atoms with van der Waals surface area (Å²) in [6.07, 6.45) is 0.504. The fraction of sp³-hybridized carbons (Fsp3) is 0.500. The van der Waals surface area contributed by atoms with Crippen molar-refractivity contribution in [1.29, 1.82) is 0 Å². The lowest BCUT2D eigenvalue weighted by molar-refractivity contribution is -0.138. The molecule has 0 aliphatic rings. The molecule has 3 unspecified atom stereocenters. The molecule has 0 radical (unpaired) electrons. The molecule has 3 N–H and O–H groups in total. The Labute approximate surface area is 103 Å². The van der Waals surface area contributed by atoms with E-state index in [0.29, 0.717) is 12.3 Å². The van der Waals surface area contributed by atoms with Gasteiger partial charge in [-0.2, -0.15) is 0 Å². The van der Waals surface area contributed by atoms with E-state index in [9.17, 15) is 4.79 Å². The Morgan fingerprint density at radius 1 is 1.41 bits per heavy atom. The predicted octanol–water partition coefficient (Wildman–Crippen LogP) is 2.54. The van der Waals surface area contributed by atoms with E-state index in [0.717, 1.165) is 0 Å². The zero-order valence-electron chi connectivity index (χ0n) is 10.7. The van der Waals surface area contributed by atoms with Crippen LogP contribution in [-0.4, -0.2) is 17.1 Å². The van der Waals surface area contributed by atoms with Crippen molar-refractivity contribution in [3.63, 3.8) is 0 Å². The smallest absolute Gasteiger partial charge is 0.320 e. The Bertz CT molecular complexity index is 390. The van der Waals surface area contributed by atoms with Gasteiger partial charge in [0.05, 0.1) is 0 Å². The number of nitrogens with two attached hydrogens (primary N) is 1. The second-order valence-corrected chi connectivity index (χ2v) is 4.86. The van der Waals surface area contributed by atoms with Crippen LogP contribution < -0.4 is 5.73 Å². The minimum absolute atomic E-state index is 0.253. The molecule has 0 spiro atoms. The van der Waals surface area contributed by atoms with Crippen LogP contribution in [-0.2, 0) is 4.79 Å². The molecule has 1 rings (SSSR count). The van der Waals surface area contributed by atoms with E-state index in [4.69, 9.17) is 10.8 Å². The van der Waals surface area contributed by atoms with E-state index in [-0.39, 0.29) is 5.92 Å². The zero-order chi connectivity index (χ0) is 13.0. The molecule has 3 atom stereocenters. The SMILES string of the molecule is Cc1cccc(C(C)C(C)CC(N)C(=O)O)c1. The Morgan fingerprint density at radius 2 is 2.06 bits per heavy atom. The fourth-order valence-corrected chi connectivity index (χ4v) is 1.99. The van der Waals surface area contributed by atoms with Gasteiger partial charge in [-0.1, -0.05) is 43.7 Å². The summed E-state index contributed by atoms with van der Waals surface area (Å²) in [5, 5.41) is 8.80. The van der Waals surface area contributed by atoms with Crippen LogP contribution in [0.5, 0.6) is 0 Å². The Morgan fingerprint density at radius 3 is 2.59 bits per heavy atom. The van der Waals surface area contributed by atoms with Crippen molar-refractivity contribution < 1.29 is 9.90 Å². The molecule has 0 fully saturated rings. The first-order valence-corrected chi connectivity index (χ1v) is 5.96. The molecular formula is C14H21NO2. The van der Waals surface area contributed by atoms with Crippen molar-refractivity contribution in [2.24, 2.45) is 11.7 Å². The summed E-state index contributed by atoms with van der Waals surface area (Å²) in [4.78, 5) is 10.7. The summed E-state index contributed by atoms with van der Waals surface area (Å²) in [5.41, 5.74) is 8.04. The van der Waals surface area contributed by atoms with Gasteiger partial charge in [0.2, 0.25) is 0 Å². The van der Waals surface area contributed by atoms with Gasteiger partial charge in [-0.05, 0) is 30.7 Å². The summed E-state index contributed by atoms with van der Waals surface area (Å²) >= 11 is 0. The van der Waals surface area contributed by atoms with Crippen LogP contribution in [0.15, 0.2) is 24.3 Å². The number of carboxylic acid groups (broad SMARTS) is 1. The number of carboxylic acids is 1. The normalized spacial score (nSPS) is 16.2. The Kier molecular flexibility index (Phi) is 4.70. The van der Waals surface area contributed by atoms with Crippen molar-refractivity contribution in [3.05, 3.63) is 35.4 Å². The summed E-state index contributed by atoms with van der Waals surface area (Å²) in [5.74, 6) is -0.350. The lowest BCUT2D eigenvalue weighted by Crippen LogP contribution is -2.32. The monoisotopic (exact) mass is 235 g/mol. The summed E-state index contributed by atoms with van der Waals surface area (Å²) in [6.45, 7) is 6.23. The predicted molar refractivity (Wildman–Crippen MR) is 69.0 cm³/mol. The van der Waals surface area contributed by atoms with Gasteiger partial charge in [0.1, 0.15) is 6.04 Å². The molecule has 17 heavy (non-hydrogen) atoms. The molecule has 0 amide bonds. The Balaban J connectivity index is 2.69. The maximum absolute atomic E-state index is 10.7. The third-order valence-electron chi connectivity index (χ3n) is 3.36. The summed E-state index contributed by atoms with van der Waals surface area (Å²) in [6, 6.07) is 7.56. The lowest BCUT2D eigenvalue weighted by Gasteiger charge is -2.22. The number of hydrogen-bond donors (Lipinski definition) is 2. The van der Waals surface area contributed by atoms with Crippen molar-refractivity contribution in [2.75, 3.05) is 0 Å².